The van der Waals surface area contributed by atoms with E-state index in [4.69, 9.17) is 16.3 Å². The fourth-order valence-corrected chi connectivity index (χ4v) is 2.20. The van der Waals surface area contributed by atoms with E-state index in [9.17, 15) is 5.11 Å². The lowest BCUT2D eigenvalue weighted by Crippen LogP contribution is -1.97. The fourth-order valence-electron chi connectivity index (χ4n) is 2.02. The highest BCUT2D eigenvalue weighted by Crippen LogP contribution is 2.28. The highest BCUT2D eigenvalue weighted by atomic mass is 35.5. The third-order valence-electron chi connectivity index (χ3n) is 3.15. The Balaban J connectivity index is 1.84. The minimum Gasteiger partial charge on any atom is -0.504 e. The van der Waals surface area contributed by atoms with Crippen LogP contribution in [0.3, 0.4) is 0 Å². The van der Waals surface area contributed by atoms with E-state index in [-0.39, 0.29) is 10.9 Å². The minimum atomic E-state index is 0.0104. The number of nitrogens with zero attached hydrogens (tertiary/aromatic N) is 3. The molecule has 0 spiro atoms. The van der Waals surface area contributed by atoms with Gasteiger partial charge in [-0.15, -0.1) is 0 Å². The van der Waals surface area contributed by atoms with Gasteiger partial charge in [-0.1, -0.05) is 29.8 Å². The van der Waals surface area contributed by atoms with E-state index in [0.717, 1.165) is 0 Å². The van der Waals surface area contributed by atoms with Gasteiger partial charge in [-0.3, -0.25) is 5.43 Å². The molecule has 0 saturated heterocycles. The number of halogens is 1. The Labute approximate surface area is 137 Å². The summed E-state index contributed by atoms with van der Waals surface area (Å²) in [7, 11) is 1.48. The van der Waals surface area contributed by atoms with Crippen molar-refractivity contribution in [2.24, 2.45) is 5.10 Å². The van der Waals surface area contributed by atoms with Gasteiger partial charge in [-0.2, -0.15) is 5.10 Å². The topological polar surface area (TPSA) is 79.6 Å². The highest BCUT2D eigenvalue weighted by Gasteiger charge is 2.07. The van der Waals surface area contributed by atoms with Crippen molar-refractivity contribution in [3.05, 3.63) is 53.2 Å². The summed E-state index contributed by atoms with van der Waals surface area (Å²) >= 11 is 6.08. The molecule has 0 amide bonds. The first-order chi connectivity index (χ1) is 11.2. The van der Waals surface area contributed by atoms with Crippen molar-refractivity contribution in [3.8, 4) is 11.5 Å². The van der Waals surface area contributed by atoms with Crippen LogP contribution in [0.4, 0.5) is 5.82 Å². The second kappa shape index (κ2) is 6.50. The molecule has 3 aromatic rings. The van der Waals surface area contributed by atoms with Crippen LogP contribution < -0.4 is 10.2 Å². The molecule has 0 aliphatic carbocycles. The van der Waals surface area contributed by atoms with Crippen molar-refractivity contribution in [1.82, 2.24) is 9.97 Å². The number of phenolic OH excluding ortho intramolecular Hbond substituents is 1. The molecule has 0 fully saturated rings. The van der Waals surface area contributed by atoms with Crippen molar-refractivity contribution < 1.29 is 9.84 Å². The Morgan fingerprint density at radius 1 is 1.13 bits per heavy atom. The normalized spacial score (nSPS) is 11.0. The van der Waals surface area contributed by atoms with Crippen molar-refractivity contribution in [2.75, 3.05) is 12.5 Å². The molecular formula is C16H13ClN4O2. The first-order valence-electron chi connectivity index (χ1n) is 6.76. The summed E-state index contributed by atoms with van der Waals surface area (Å²) in [4.78, 5) is 8.60. The van der Waals surface area contributed by atoms with E-state index in [0.29, 0.717) is 28.2 Å². The number of para-hydroxylation sites is 3. The molecule has 23 heavy (non-hydrogen) atoms. The second-order valence-electron chi connectivity index (χ2n) is 4.62. The lowest BCUT2D eigenvalue weighted by Gasteiger charge is -2.06. The smallest absolute Gasteiger partial charge is 0.185 e. The summed E-state index contributed by atoms with van der Waals surface area (Å²) in [5.41, 5.74) is 4.65. The summed E-state index contributed by atoms with van der Waals surface area (Å²) in [5, 5.41) is 14.2. The van der Waals surface area contributed by atoms with Crippen molar-refractivity contribution >= 4 is 34.7 Å². The van der Waals surface area contributed by atoms with E-state index < -0.39 is 0 Å². The summed E-state index contributed by atoms with van der Waals surface area (Å²) in [6.45, 7) is 0. The number of hydrogen-bond donors (Lipinski definition) is 2. The zero-order valence-corrected chi connectivity index (χ0v) is 12.9. The highest BCUT2D eigenvalue weighted by molar-refractivity contribution is 6.32. The molecule has 0 atom stereocenters. The number of benzene rings is 2. The van der Waals surface area contributed by atoms with Crippen LogP contribution in [-0.2, 0) is 0 Å². The molecule has 2 aromatic carbocycles. The van der Waals surface area contributed by atoms with Crippen LogP contribution in [0.25, 0.3) is 11.0 Å². The van der Waals surface area contributed by atoms with Gasteiger partial charge in [0.2, 0.25) is 0 Å². The van der Waals surface area contributed by atoms with Crippen LogP contribution >= 0.6 is 11.6 Å². The Kier molecular flexibility index (Phi) is 4.25. The number of ether oxygens (including phenoxy) is 1. The summed E-state index contributed by atoms with van der Waals surface area (Å²) in [6, 6.07) is 12.5. The van der Waals surface area contributed by atoms with Gasteiger partial charge in [0.1, 0.15) is 0 Å². The fraction of sp³-hybridized carbons (Fsp3) is 0.0625. The van der Waals surface area contributed by atoms with Crippen LogP contribution in [0, 0.1) is 0 Å². The molecule has 0 unspecified atom stereocenters. The SMILES string of the molecule is COc1cccc(/C=N/Nc2nc3ccccc3nc2Cl)c1O. The third kappa shape index (κ3) is 3.17. The minimum absolute atomic E-state index is 0.0104. The van der Waals surface area contributed by atoms with Gasteiger partial charge in [-0.05, 0) is 24.3 Å². The number of hydrazone groups is 1. The average Bonchev–Trinajstić information content (AvgIpc) is 2.57. The monoisotopic (exact) mass is 328 g/mol. The van der Waals surface area contributed by atoms with Crippen molar-refractivity contribution in [3.63, 3.8) is 0 Å². The van der Waals surface area contributed by atoms with Gasteiger partial charge < -0.3 is 9.84 Å². The number of phenols is 1. The van der Waals surface area contributed by atoms with Crippen molar-refractivity contribution in [1.29, 1.82) is 0 Å². The van der Waals surface area contributed by atoms with Crippen LogP contribution in [0.5, 0.6) is 11.5 Å². The summed E-state index contributed by atoms with van der Waals surface area (Å²) < 4.78 is 5.04. The number of rotatable bonds is 4. The standard InChI is InChI=1S/C16H13ClN4O2/c1-23-13-8-4-5-10(14(13)22)9-18-21-16-15(17)19-11-6-2-3-7-12(11)20-16/h2-9,22H,1H3,(H,20,21)/b18-9+. The quantitative estimate of drug-likeness (QED) is 0.566. The van der Waals surface area contributed by atoms with Crippen LogP contribution in [0.15, 0.2) is 47.6 Å². The maximum atomic E-state index is 9.98. The molecule has 2 N–H and O–H groups in total. The number of hydrogen-bond acceptors (Lipinski definition) is 6. The predicted octanol–water partition coefficient (Wildman–Crippen LogP) is 3.44. The van der Waals surface area contributed by atoms with Gasteiger partial charge >= 0.3 is 0 Å². The Morgan fingerprint density at radius 2 is 1.87 bits per heavy atom. The van der Waals surface area contributed by atoms with E-state index in [1.807, 2.05) is 24.3 Å². The lowest BCUT2D eigenvalue weighted by molar-refractivity contribution is 0.373. The van der Waals surface area contributed by atoms with Gasteiger partial charge in [0.25, 0.3) is 0 Å². The number of aromatic nitrogens is 2. The van der Waals surface area contributed by atoms with Gasteiger partial charge in [0.15, 0.2) is 22.5 Å². The van der Waals surface area contributed by atoms with Gasteiger partial charge in [0.05, 0.1) is 24.4 Å². The molecule has 0 aliphatic heterocycles. The maximum Gasteiger partial charge on any atom is 0.185 e. The zero-order valence-electron chi connectivity index (χ0n) is 12.2. The Morgan fingerprint density at radius 3 is 2.61 bits per heavy atom. The van der Waals surface area contributed by atoms with E-state index in [2.05, 4.69) is 20.5 Å². The van der Waals surface area contributed by atoms with Gasteiger partial charge in [-0.25, -0.2) is 9.97 Å². The molecule has 0 aliphatic rings. The van der Waals surface area contributed by atoms with E-state index in [1.54, 1.807) is 18.2 Å². The first-order valence-corrected chi connectivity index (χ1v) is 7.14. The largest absolute Gasteiger partial charge is 0.504 e. The summed E-state index contributed by atoms with van der Waals surface area (Å²) in [5.74, 6) is 0.720. The number of aromatic hydroxyl groups is 1. The molecule has 6 nitrogen and oxygen atoms in total. The first kappa shape index (κ1) is 15.1. The predicted molar refractivity (Wildman–Crippen MR) is 90.4 cm³/mol. The molecule has 0 radical (unpaired) electrons. The molecule has 0 saturated carbocycles. The van der Waals surface area contributed by atoms with Crippen LogP contribution in [0.2, 0.25) is 5.15 Å². The van der Waals surface area contributed by atoms with E-state index in [1.165, 1.54) is 13.3 Å². The number of fused-ring (bicyclic) bond motifs is 1. The van der Waals surface area contributed by atoms with Gasteiger partial charge in [0, 0.05) is 5.56 Å². The molecular weight excluding hydrogens is 316 g/mol. The van der Waals surface area contributed by atoms with Crippen LogP contribution in [-0.4, -0.2) is 28.4 Å². The number of anilines is 1. The molecule has 116 valence electrons. The average molecular weight is 329 g/mol. The number of methoxy groups -OCH3 is 1. The number of nitrogens with one attached hydrogen (secondary N) is 1. The second-order valence-corrected chi connectivity index (χ2v) is 4.98. The maximum absolute atomic E-state index is 9.98. The Hall–Kier alpha value is -2.86. The Bertz CT molecular complexity index is 883. The third-order valence-corrected chi connectivity index (χ3v) is 3.42. The molecule has 0 bridgehead atoms. The van der Waals surface area contributed by atoms with Crippen LogP contribution in [0.1, 0.15) is 5.56 Å². The van der Waals surface area contributed by atoms with E-state index >= 15 is 0 Å². The molecule has 1 aromatic heterocycles. The zero-order chi connectivity index (χ0) is 16.2. The lowest BCUT2D eigenvalue weighted by atomic mass is 10.2. The summed E-state index contributed by atoms with van der Waals surface area (Å²) in [6.07, 6.45) is 1.45. The molecule has 7 heteroatoms. The molecule has 3 rings (SSSR count). The van der Waals surface area contributed by atoms with Crippen molar-refractivity contribution in [2.45, 2.75) is 0 Å². The molecule has 1 heterocycles.